The summed E-state index contributed by atoms with van der Waals surface area (Å²) >= 11 is 0. The molecule has 154 valence electrons. The summed E-state index contributed by atoms with van der Waals surface area (Å²) in [6.45, 7) is 8.87. The molecule has 0 unspecified atom stereocenters. The number of piperidine rings is 1. The highest BCUT2D eigenvalue weighted by Gasteiger charge is 2.21. The average molecular weight is 496 g/mol. The summed E-state index contributed by atoms with van der Waals surface area (Å²) < 4.78 is 2.10. The Bertz CT molecular complexity index is 707. The fourth-order valence-corrected chi connectivity index (χ4v) is 3.73. The Hall–Kier alpha value is -1.64. The van der Waals surface area contributed by atoms with Gasteiger partial charge in [0.2, 0.25) is 0 Å². The standard InChI is InChI=1S/C21H32N6.HI/c1-3-20-25-24-17-27(20)15-12-23-21(22-4-2)26-13-10-19(11-14-26)16-18-8-6-5-7-9-18;/h5-9,17,19H,3-4,10-16H2,1-2H3,(H,22,23);1H. The molecule has 0 bridgehead atoms. The third-order valence-electron chi connectivity index (χ3n) is 5.23. The lowest BCUT2D eigenvalue weighted by atomic mass is 9.90. The number of aryl methyl sites for hydroxylation is 1. The predicted molar refractivity (Wildman–Crippen MR) is 125 cm³/mol. The number of likely N-dealkylation sites (tertiary alicyclic amines) is 1. The van der Waals surface area contributed by atoms with Gasteiger partial charge in [-0.1, -0.05) is 37.3 Å². The van der Waals surface area contributed by atoms with Gasteiger partial charge in [-0.3, -0.25) is 4.99 Å². The Morgan fingerprint density at radius 1 is 1.18 bits per heavy atom. The molecular weight excluding hydrogens is 463 g/mol. The molecule has 1 aromatic heterocycles. The first kappa shape index (κ1) is 22.6. The van der Waals surface area contributed by atoms with E-state index < -0.39 is 0 Å². The van der Waals surface area contributed by atoms with Crippen LogP contribution in [0.15, 0.2) is 41.7 Å². The van der Waals surface area contributed by atoms with Crippen molar-refractivity contribution in [2.45, 2.75) is 46.1 Å². The summed E-state index contributed by atoms with van der Waals surface area (Å²) in [4.78, 5) is 7.27. The van der Waals surface area contributed by atoms with Crippen molar-refractivity contribution in [3.8, 4) is 0 Å². The highest BCUT2D eigenvalue weighted by atomic mass is 127. The minimum atomic E-state index is 0. The fraction of sp³-hybridized carbons (Fsp3) is 0.571. The molecule has 6 nitrogen and oxygen atoms in total. The normalized spacial score (nSPS) is 15.4. The third-order valence-corrected chi connectivity index (χ3v) is 5.23. The number of guanidine groups is 1. The van der Waals surface area contributed by atoms with E-state index in [9.17, 15) is 0 Å². The number of rotatable bonds is 7. The van der Waals surface area contributed by atoms with Crippen LogP contribution in [0.3, 0.4) is 0 Å². The largest absolute Gasteiger partial charge is 0.357 e. The van der Waals surface area contributed by atoms with Crippen molar-refractivity contribution >= 4 is 29.9 Å². The molecule has 0 saturated carbocycles. The van der Waals surface area contributed by atoms with Crippen LogP contribution in [0.2, 0.25) is 0 Å². The molecule has 1 aromatic carbocycles. The SMILES string of the molecule is CCNC(=NCCn1cnnc1CC)N1CCC(Cc2ccccc2)CC1.I. The first-order valence-electron chi connectivity index (χ1n) is 10.2. The van der Waals surface area contributed by atoms with E-state index in [2.05, 4.69) is 69.2 Å². The first-order valence-corrected chi connectivity index (χ1v) is 10.2. The van der Waals surface area contributed by atoms with Gasteiger partial charge in [-0.15, -0.1) is 34.2 Å². The van der Waals surface area contributed by atoms with Crippen molar-refractivity contribution in [1.29, 1.82) is 0 Å². The minimum absolute atomic E-state index is 0. The number of benzene rings is 1. The number of hydrogen-bond acceptors (Lipinski definition) is 3. The van der Waals surface area contributed by atoms with E-state index in [0.717, 1.165) is 56.8 Å². The molecule has 1 N–H and O–H groups in total. The van der Waals surface area contributed by atoms with Crippen molar-refractivity contribution in [3.05, 3.63) is 48.0 Å². The van der Waals surface area contributed by atoms with E-state index in [4.69, 9.17) is 4.99 Å². The second-order valence-corrected chi connectivity index (χ2v) is 7.15. The quantitative estimate of drug-likeness (QED) is 0.363. The van der Waals surface area contributed by atoms with Crippen LogP contribution < -0.4 is 5.32 Å². The molecule has 0 amide bonds. The van der Waals surface area contributed by atoms with Gasteiger partial charge in [-0.2, -0.15) is 0 Å². The van der Waals surface area contributed by atoms with E-state index in [1.807, 2.05) is 0 Å². The molecule has 0 aliphatic carbocycles. The maximum Gasteiger partial charge on any atom is 0.193 e. The van der Waals surface area contributed by atoms with Crippen molar-refractivity contribution in [2.24, 2.45) is 10.9 Å². The van der Waals surface area contributed by atoms with Crippen LogP contribution >= 0.6 is 24.0 Å². The molecule has 0 radical (unpaired) electrons. The zero-order valence-corrected chi connectivity index (χ0v) is 19.4. The monoisotopic (exact) mass is 496 g/mol. The van der Waals surface area contributed by atoms with E-state index in [1.54, 1.807) is 6.33 Å². The van der Waals surface area contributed by atoms with Crippen LogP contribution in [-0.2, 0) is 19.4 Å². The number of nitrogens with zero attached hydrogens (tertiary/aromatic N) is 5. The van der Waals surface area contributed by atoms with Crippen LogP contribution in [-0.4, -0.2) is 51.8 Å². The number of halogens is 1. The van der Waals surface area contributed by atoms with Crippen molar-refractivity contribution in [3.63, 3.8) is 0 Å². The second-order valence-electron chi connectivity index (χ2n) is 7.15. The van der Waals surface area contributed by atoms with Gasteiger partial charge >= 0.3 is 0 Å². The summed E-state index contributed by atoms with van der Waals surface area (Å²) in [6, 6.07) is 10.9. The summed E-state index contributed by atoms with van der Waals surface area (Å²) in [6.07, 6.45) is 6.35. The zero-order chi connectivity index (χ0) is 18.9. The Morgan fingerprint density at radius 3 is 2.61 bits per heavy atom. The average Bonchev–Trinajstić information content (AvgIpc) is 3.16. The van der Waals surface area contributed by atoms with Gasteiger partial charge in [-0.25, -0.2) is 0 Å². The van der Waals surface area contributed by atoms with Crippen molar-refractivity contribution in [2.75, 3.05) is 26.2 Å². The Labute approximate surface area is 185 Å². The fourth-order valence-electron chi connectivity index (χ4n) is 3.73. The Morgan fingerprint density at radius 2 is 1.93 bits per heavy atom. The van der Waals surface area contributed by atoms with Crippen LogP contribution in [0.25, 0.3) is 0 Å². The summed E-state index contributed by atoms with van der Waals surface area (Å²) in [7, 11) is 0. The van der Waals surface area contributed by atoms with Gasteiger partial charge < -0.3 is 14.8 Å². The lowest BCUT2D eigenvalue weighted by molar-refractivity contribution is 0.259. The zero-order valence-electron chi connectivity index (χ0n) is 17.0. The van der Waals surface area contributed by atoms with Gasteiger partial charge in [0.05, 0.1) is 6.54 Å². The third kappa shape index (κ3) is 6.46. The van der Waals surface area contributed by atoms with Crippen LogP contribution in [0.1, 0.15) is 38.1 Å². The van der Waals surface area contributed by atoms with Gasteiger partial charge in [0.15, 0.2) is 5.96 Å². The number of hydrogen-bond donors (Lipinski definition) is 1. The maximum absolute atomic E-state index is 4.85. The van der Waals surface area contributed by atoms with Gasteiger partial charge in [0.25, 0.3) is 0 Å². The molecule has 1 aliphatic heterocycles. The van der Waals surface area contributed by atoms with Gasteiger partial charge in [0.1, 0.15) is 12.2 Å². The molecule has 1 saturated heterocycles. The Kier molecular flexibility index (Phi) is 9.73. The molecule has 1 aliphatic rings. The van der Waals surface area contributed by atoms with Crippen LogP contribution in [0.5, 0.6) is 0 Å². The summed E-state index contributed by atoms with van der Waals surface area (Å²) in [5, 5.41) is 11.6. The molecule has 3 rings (SSSR count). The maximum atomic E-state index is 4.85. The van der Waals surface area contributed by atoms with Gasteiger partial charge in [0, 0.05) is 32.6 Å². The summed E-state index contributed by atoms with van der Waals surface area (Å²) in [5.41, 5.74) is 1.46. The second kappa shape index (κ2) is 12.0. The molecule has 0 spiro atoms. The van der Waals surface area contributed by atoms with E-state index in [0.29, 0.717) is 0 Å². The molecular formula is C21H33IN6. The molecule has 1 fully saturated rings. The predicted octanol–water partition coefficient (Wildman–Crippen LogP) is 3.38. The van der Waals surface area contributed by atoms with Gasteiger partial charge in [-0.05, 0) is 37.7 Å². The molecule has 2 heterocycles. The van der Waals surface area contributed by atoms with E-state index in [1.165, 1.54) is 24.8 Å². The van der Waals surface area contributed by atoms with Crippen LogP contribution in [0.4, 0.5) is 0 Å². The lowest BCUT2D eigenvalue weighted by Gasteiger charge is -2.34. The van der Waals surface area contributed by atoms with E-state index in [-0.39, 0.29) is 24.0 Å². The molecule has 7 heteroatoms. The van der Waals surface area contributed by atoms with E-state index >= 15 is 0 Å². The van der Waals surface area contributed by atoms with Crippen molar-refractivity contribution in [1.82, 2.24) is 25.0 Å². The number of nitrogens with one attached hydrogen (secondary N) is 1. The topological polar surface area (TPSA) is 58.3 Å². The van der Waals surface area contributed by atoms with Crippen molar-refractivity contribution < 1.29 is 0 Å². The molecule has 28 heavy (non-hydrogen) atoms. The highest BCUT2D eigenvalue weighted by molar-refractivity contribution is 14.0. The summed E-state index contributed by atoms with van der Waals surface area (Å²) in [5.74, 6) is 2.84. The smallest absolute Gasteiger partial charge is 0.193 e. The first-order chi connectivity index (χ1) is 13.3. The lowest BCUT2D eigenvalue weighted by Crippen LogP contribution is -2.46. The Balaban J connectivity index is 0.00000280. The van der Waals surface area contributed by atoms with Crippen LogP contribution in [0, 0.1) is 5.92 Å². The number of aromatic nitrogens is 3. The highest BCUT2D eigenvalue weighted by Crippen LogP contribution is 2.21. The molecule has 2 aromatic rings. The minimum Gasteiger partial charge on any atom is -0.357 e. The number of aliphatic imine (C=N–C) groups is 1. The molecule has 0 atom stereocenters.